The normalized spacial score (nSPS) is 18.0. The Hall–Kier alpha value is -2.90. The smallest absolute Gasteiger partial charge is 0.328 e. The summed E-state index contributed by atoms with van der Waals surface area (Å²) in [5.74, 6) is 0. The van der Waals surface area contributed by atoms with Gasteiger partial charge in [-0.1, -0.05) is 35.5 Å². The molecule has 1 aromatic heterocycles. The summed E-state index contributed by atoms with van der Waals surface area (Å²) in [5.41, 5.74) is 1.83. The summed E-state index contributed by atoms with van der Waals surface area (Å²) in [7, 11) is 0. The van der Waals surface area contributed by atoms with Crippen molar-refractivity contribution < 1.29 is 9.59 Å². The van der Waals surface area contributed by atoms with Crippen molar-refractivity contribution in [2.75, 3.05) is 26.2 Å². The number of amides is 4. The van der Waals surface area contributed by atoms with Gasteiger partial charge in [0.1, 0.15) is 5.69 Å². The average Bonchev–Trinajstić information content (AvgIpc) is 3.16. The van der Waals surface area contributed by atoms with Gasteiger partial charge in [0, 0.05) is 31.7 Å². The molecule has 0 atom stereocenters. The van der Waals surface area contributed by atoms with E-state index >= 15 is 0 Å². The summed E-state index contributed by atoms with van der Waals surface area (Å²) in [4.78, 5) is 26.6. The largest absolute Gasteiger partial charge is 0.336 e. The zero-order valence-corrected chi connectivity index (χ0v) is 12.4. The lowest BCUT2D eigenvalue weighted by Gasteiger charge is -2.39. The molecule has 0 spiro atoms. The van der Waals surface area contributed by atoms with E-state index in [9.17, 15) is 9.59 Å². The Labute approximate surface area is 132 Å². The van der Waals surface area contributed by atoms with E-state index in [1.165, 1.54) is 4.90 Å². The van der Waals surface area contributed by atoms with Gasteiger partial charge in [-0.15, -0.1) is 5.10 Å². The number of carbonyl (C=O) groups is 2. The van der Waals surface area contributed by atoms with E-state index in [2.05, 4.69) is 15.6 Å². The standard InChI is InChI=1S/C15H16N6O2/c22-14-16-6-7-20(14)15(23)19-8-12(9-19)21-10-13(17-18-21)11-4-2-1-3-5-11/h1-5,10,12H,6-9H2,(H,16,22). The molecule has 2 saturated heterocycles. The molecule has 118 valence electrons. The molecule has 1 N–H and O–H groups in total. The van der Waals surface area contributed by atoms with Crippen LogP contribution in [0.5, 0.6) is 0 Å². The van der Waals surface area contributed by atoms with Crippen LogP contribution in [0.1, 0.15) is 6.04 Å². The fourth-order valence-corrected chi connectivity index (χ4v) is 2.80. The first kappa shape index (κ1) is 13.7. The number of urea groups is 2. The molecule has 3 heterocycles. The van der Waals surface area contributed by atoms with Crippen LogP contribution in [-0.2, 0) is 0 Å². The van der Waals surface area contributed by atoms with Crippen molar-refractivity contribution in [3.63, 3.8) is 0 Å². The van der Waals surface area contributed by atoms with Crippen LogP contribution < -0.4 is 5.32 Å². The Morgan fingerprint density at radius 2 is 2.00 bits per heavy atom. The predicted molar refractivity (Wildman–Crippen MR) is 81.6 cm³/mol. The SMILES string of the molecule is O=C1NCCN1C(=O)N1CC(n2cc(-c3ccccc3)nn2)C1. The number of nitrogens with one attached hydrogen (secondary N) is 1. The van der Waals surface area contributed by atoms with Gasteiger partial charge in [0.2, 0.25) is 0 Å². The number of imide groups is 1. The highest BCUT2D eigenvalue weighted by molar-refractivity contribution is 5.95. The van der Waals surface area contributed by atoms with Crippen LogP contribution >= 0.6 is 0 Å². The Morgan fingerprint density at radius 1 is 1.22 bits per heavy atom. The molecule has 1 aromatic carbocycles. The van der Waals surface area contributed by atoms with Crippen LogP contribution in [0.3, 0.4) is 0 Å². The third-order valence-corrected chi connectivity index (χ3v) is 4.17. The minimum absolute atomic E-state index is 0.106. The first-order valence-corrected chi connectivity index (χ1v) is 7.54. The van der Waals surface area contributed by atoms with Crippen LogP contribution in [0.4, 0.5) is 9.59 Å². The van der Waals surface area contributed by atoms with Crippen molar-refractivity contribution in [1.29, 1.82) is 0 Å². The molecule has 4 amide bonds. The van der Waals surface area contributed by atoms with Crippen molar-refractivity contribution in [1.82, 2.24) is 30.1 Å². The van der Waals surface area contributed by atoms with Crippen molar-refractivity contribution in [2.45, 2.75) is 6.04 Å². The van der Waals surface area contributed by atoms with Crippen molar-refractivity contribution >= 4 is 12.1 Å². The molecule has 2 aliphatic rings. The van der Waals surface area contributed by atoms with E-state index in [-0.39, 0.29) is 18.1 Å². The molecule has 2 aromatic rings. The molecule has 0 aliphatic carbocycles. The number of aromatic nitrogens is 3. The molecule has 23 heavy (non-hydrogen) atoms. The third kappa shape index (κ3) is 2.41. The van der Waals surface area contributed by atoms with Gasteiger partial charge in [-0.25, -0.2) is 19.2 Å². The molecule has 2 aliphatic heterocycles. The minimum atomic E-state index is -0.314. The van der Waals surface area contributed by atoms with Gasteiger partial charge in [-0.2, -0.15) is 0 Å². The second-order valence-electron chi connectivity index (χ2n) is 5.67. The number of likely N-dealkylation sites (tertiary alicyclic amines) is 1. The number of benzene rings is 1. The van der Waals surface area contributed by atoms with Gasteiger partial charge in [0.15, 0.2) is 0 Å². The fraction of sp³-hybridized carbons (Fsp3) is 0.333. The van der Waals surface area contributed by atoms with Gasteiger partial charge >= 0.3 is 12.1 Å². The van der Waals surface area contributed by atoms with E-state index < -0.39 is 0 Å². The maximum absolute atomic E-state index is 12.2. The monoisotopic (exact) mass is 312 g/mol. The van der Waals surface area contributed by atoms with Crippen molar-refractivity contribution in [3.8, 4) is 11.3 Å². The third-order valence-electron chi connectivity index (χ3n) is 4.17. The fourth-order valence-electron chi connectivity index (χ4n) is 2.80. The Kier molecular flexibility index (Phi) is 3.22. The molecule has 8 nitrogen and oxygen atoms in total. The minimum Gasteiger partial charge on any atom is -0.336 e. The topological polar surface area (TPSA) is 83.4 Å². The van der Waals surface area contributed by atoms with E-state index in [0.717, 1.165) is 11.3 Å². The molecule has 0 bridgehead atoms. The summed E-state index contributed by atoms with van der Waals surface area (Å²) >= 11 is 0. The van der Waals surface area contributed by atoms with Gasteiger partial charge in [-0.3, -0.25) is 0 Å². The van der Waals surface area contributed by atoms with Gasteiger partial charge in [-0.05, 0) is 0 Å². The highest BCUT2D eigenvalue weighted by Gasteiger charge is 2.38. The summed E-state index contributed by atoms with van der Waals surface area (Å²) in [6, 6.07) is 9.39. The molecular formula is C15H16N6O2. The maximum Gasteiger partial charge on any atom is 0.328 e. The van der Waals surface area contributed by atoms with Crippen LogP contribution in [0, 0.1) is 0 Å². The molecule has 0 radical (unpaired) electrons. The molecule has 4 rings (SSSR count). The summed E-state index contributed by atoms with van der Waals surface area (Å²) in [6.07, 6.45) is 1.89. The molecule has 2 fully saturated rings. The zero-order chi connectivity index (χ0) is 15.8. The highest BCUT2D eigenvalue weighted by atomic mass is 16.2. The van der Waals surface area contributed by atoms with Crippen molar-refractivity contribution in [2.24, 2.45) is 0 Å². The first-order valence-electron chi connectivity index (χ1n) is 7.54. The van der Waals surface area contributed by atoms with Crippen LogP contribution in [0.15, 0.2) is 36.5 Å². The van der Waals surface area contributed by atoms with Crippen molar-refractivity contribution in [3.05, 3.63) is 36.5 Å². The Morgan fingerprint density at radius 3 is 2.70 bits per heavy atom. The lowest BCUT2D eigenvalue weighted by atomic mass is 10.1. The van der Waals surface area contributed by atoms with Gasteiger partial charge in [0.05, 0.1) is 12.2 Å². The van der Waals surface area contributed by atoms with Crippen LogP contribution in [0.25, 0.3) is 11.3 Å². The average molecular weight is 312 g/mol. The summed E-state index contributed by atoms with van der Waals surface area (Å²) in [6.45, 7) is 2.03. The van der Waals surface area contributed by atoms with E-state index in [1.54, 1.807) is 9.58 Å². The Bertz CT molecular complexity index is 737. The first-order chi connectivity index (χ1) is 11.2. The second-order valence-corrected chi connectivity index (χ2v) is 5.67. The number of rotatable bonds is 2. The molecule has 8 heteroatoms. The van der Waals surface area contributed by atoms with E-state index in [0.29, 0.717) is 26.2 Å². The highest BCUT2D eigenvalue weighted by Crippen LogP contribution is 2.24. The molecule has 0 unspecified atom stereocenters. The van der Waals surface area contributed by atoms with Gasteiger partial charge in [0.25, 0.3) is 0 Å². The number of hydrogen-bond acceptors (Lipinski definition) is 4. The second kappa shape index (κ2) is 5.38. The predicted octanol–water partition coefficient (Wildman–Crippen LogP) is 0.947. The number of nitrogens with zero attached hydrogens (tertiary/aromatic N) is 5. The maximum atomic E-state index is 12.2. The van der Waals surface area contributed by atoms with Crippen LogP contribution in [-0.4, -0.2) is 63.0 Å². The van der Waals surface area contributed by atoms with Gasteiger partial charge < -0.3 is 10.2 Å². The molecular weight excluding hydrogens is 296 g/mol. The Balaban J connectivity index is 1.40. The molecule has 0 saturated carbocycles. The lowest BCUT2D eigenvalue weighted by molar-refractivity contribution is 0.0987. The zero-order valence-electron chi connectivity index (χ0n) is 12.4. The van der Waals surface area contributed by atoms with E-state index in [4.69, 9.17) is 0 Å². The van der Waals surface area contributed by atoms with E-state index in [1.807, 2.05) is 36.5 Å². The lowest BCUT2D eigenvalue weighted by Crippen LogP contribution is -2.56. The van der Waals surface area contributed by atoms with Crippen LogP contribution in [0.2, 0.25) is 0 Å². The summed E-state index contributed by atoms with van der Waals surface area (Å²) < 4.78 is 1.79. The summed E-state index contributed by atoms with van der Waals surface area (Å²) in [5, 5.41) is 11.0. The quantitative estimate of drug-likeness (QED) is 0.895. The number of hydrogen-bond donors (Lipinski definition) is 1. The number of carbonyl (C=O) groups excluding carboxylic acids is 2.